The summed E-state index contributed by atoms with van der Waals surface area (Å²) in [7, 11) is 2.24. The van der Waals surface area contributed by atoms with Gasteiger partial charge in [-0.25, -0.2) is 0 Å². The second kappa shape index (κ2) is 8.16. The highest BCUT2D eigenvalue weighted by molar-refractivity contribution is 7.10. The van der Waals surface area contributed by atoms with Gasteiger partial charge in [0, 0.05) is 10.9 Å². The number of nitrogens with zero attached hydrogens (tertiary/aromatic N) is 1. The Morgan fingerprint density at radius 2 is 2.00 bits per heavy atom. The maximum absolute atomic E-state index is 5.76. The monoisotopic (exact) mass is 296 g/mol. The van der Waals surface area contributed by atoms with Crippen LogP contribution in [0.2, 0.25) is 0 Å². The lowest BCUT2D eigenvalue weighted by atomic mass is 9.76. The minimum Gasteiger partial charge on any atom is -0.330 e. The van der Waals surface area contributed by atoms with E-state index in [0.29, 0.717) is 11.5 Å². The molecule has 3 heteroatoms. The van der Waals surface area contributed by atoms with Crippen LogP contribution in [0.1, 0.15) is 57.9 Å². The largest absolute Gasteiger partial charge is 0.330 e. The Morgan fingerprint density at radius 3 is 2.50 bits per heavy atom. The van der Waals surface area contributed by atoms with Gasteiger partial charge in [0.2, 0.25) is 0 Å². The Kier molecular flexibility index (Phi) is 7.21. The summed E-state index contributed by atoms with van der Waals surface area (Å²) >= 11 is 1.85. The minimum atomic E-state index is 0.372. The summed E-state index contributed by atoms with van der Waals surface area (Å²) in [5.41, 5.74) is 6.13. The van der Waals surface area contributed by atoms with Gasteiger partial charge in [0.05, 0.1) is 0 Å². The van der Waals surface area contributed by atoms with Crippen molar-refractivity contribution in [3.8, 4) is 0 Å². The molecule has 2 atom stereocenters. The molecule has 0 saturated carbocycles. The van der Waals surface area contributed by atoms with Gasteiger partial charge in [-0.15, -0.1) is 11.3 Å². The molecule has 1 aromatic heterocycles. The first-order chi connectivity index (χ1) is 9.36. The van der Waals surface area contributed by atoms with E-state index in [1.165, 1.54) is 17.7 Å². The Hall–Kier alpha value is -0.380. The fourth-order valence-electron chi connectivity index (χ4n) is 2.74. The average Bonchev–Trinajstić information content (AvgIpc) is 2.89. The zero-order valence-corrected chi connectivity index (χ0v) is 14.7. The summed E-state index contributed by atoms with van der Waals surface area (Å²) in [6.07, 6.45) is 3.68. The molecule has 0 aromatic carbocycles. The van der Waals surface area contributed by atoms with Gasteiger partial charge in [0.15, 0.2) is 0 Å². The highest BCUT2D eigenvalue weighted by atomic mass is 32.1. The first-order valence-corrected chi connectivity index (χ1v) is 8.68. The van der Waals surface area contributed by atoms with Crippen molar-refractivity contribution in [3.63, 3.8) is 0 Å². The Balaban J connectivity index is 2.38. The van der Waals surface area contributed by atoms with Crippen molar-refractivity contribution in [2.45, 2.75) is 53.0 Å². The molecule has 20 heavy (non-hydrogen) atoms. The minimum absolute atomic E-state index is 0.372. The molecule has 0 fully saturated rings. The first kappa shape index (κ1) is 17.7. The van der Waals surface area contributed by atoms with E-state index >= 15 is 0 Å². The van der Waals surface area contributed by atoms with Crippen molar-refractivity contribution in [1.29, 1.82) is 0 Å². The zero-order valence-electron chi connectivity index (χ0n) is 13.9. The fourth-order valence-corrected chi connectivity index (χ4v) is 3.59. The summed E-state index contributed by atoms with van der Waals surface area (Å²) in [6.45, 7) is 11.3. The van der Waals surface area contributed by atoms with Crippen LogP contribution in [0.4, 0.5) is 0 Å². The number of nitrogens with two attached hydrogens (primary N) is 1. The van der Waals surface area contributed by atoms with Crippen molar-refractivity contribution in [2.75, 3.05) is 20.1 Å². The molecular formula is C17H32N2S. The van der Waals surface area contributed by atoms with Crippen LogP contribution in [0.3, 0.4) is 0 Å². The maximum atomic E-state index is 5.76. The van der Waals surface area contributed by atoms with Crippen LogP contribution in [0.15, 0.2) is 17.5 Å². The topological polar surface area (TPSA) is 29.3 Å². The molecule has 0 aliphatic carbocycles. The van der Waals surface area contributed by atoms with Gasteiger partial charge in [-0.05, 0) is 69.1 Å². The lowest BCUT2D eigenvalue weighted by Crippen LogP contribution is -2.27. The molecule has 1 heterocycles. The van der Waals surface area contributed by atoms with Crippen molar-refractivity contribution >= 4 is 11.3 Å². The van der Waals surface area contributed by atoms with E-state index in [0.717, 1.165) is 25.4 Å². The van der Waals surface area contributed by atoms with Crippen LogP contribution >= 0.6 is 11.3 Å². The lowest BCUT2D eigenvalue weighted by Gasteiger charge is -2.32. The molecule has 2 N–H and O–H groups in total. The molecule has 0 aliphatic heterocycles. The van der Waals surface area contributed by atoms with Gasteiger partial charge in [-0.3, -0.25) is 4.90 Å². The van der Waals surface area contributed by atoms with Crippen molar-refractivity contribution in [1.82, 2.24) is 4.90 Å². The smallest absolute Gasteiger partial charge is 0.0410 e. The maximum Gasteiger partial charge on any atom is 0.0410 e. The molecule has 1 aromatic rings. The molecule has 0 amide bonds. The molecule has 0 radical (unpaired) electrons. The van der Waals surface area contributed by atoms with E-state index in [2.05, 4.69) is 57.2 Å². The Labute approximate surface area is 129 Å². The van der Waals surface area contributed by atoms with Crippen LogP contribution in [0.5, 0.6) is 0 Å². The van der Waals surface area contributed by atoms with E-state index in [1.807, 2.05) is 11.3 Å². The zero-order chi connectivity index (χ0) is 15.2. The summed E-state index contributed by atoms with van der Waals surface area (Å²) in [5, 5.41) is 2.16. The third-order valence-corrected chi connectivity index (χ3v) is 5.46. The predicted octanol–water partition coefficient (Wildman–Crippen LogP) is 4.53. The summed E-state index contributed by atoms with van der Waals surface area (Å²) in [4.78, 5) is 3.93. The Bertz CT molecular complexity index is 354. The standard InChI is InChI=1S/C17H32N2S/c1-14(16-9-7-13-20-16)19(5)12-6-8-15(10-11-18)17(2,3)4/h7,9,13-15H,6,8,10-12,18H2,1-5H3. The molecule has 0 bridgehead atoms. The van der Waals surface area contributed by atoms with Crippen molar-refractivity contribution in [2.24, 2.45) is 17.1 Å². The second-order valence-corrected chi connectivity index (χ2v) is 7.93. The van der Waals surface area contributed by atoms with Gasteiger partial charge in [-0.2, -0.15) is 0 Å². The fraction of sp³-hybridized carbons (Fsp3) is 0.765. The third kappa shape index (κ3) is 5.55. The van der Waals surface area contributed by atoms with Crippen LogP contribution < -0.4 is 5.73 Å². The van der Waals surface area contributed by atoms with Crippen LogP contribution in [0.25, 0.3) is 0 Å². The quantitative estimate of drug-likeness (QED) is 0.763. The van der Waals surface area contributed by atoms with Gasteiger partial charge in [0.25, 0.3) is 0 Å². The summed E-state index contributed by atoms with van der Waals surface area (Å²) in [6, 6.07) is 4.90. The van der Waals surface area contributed by atoms with E-state index in [9.17, 15) is 0 Å². The number of hydrogen-bond donors (Lipinski definition) is 1. The number of rotatable bonds is 8. The highest BCUT2D eigenvalue weighted by Crippen LogP contribution is 2.32. The number of thiophene rings is 1. The third-order valence-electron chi connectivity index (χ3n) is 4.42. The van der Waals surface area contributed by atoms with E-state index in [4.69, 9.17) is 5.73 Å². The first-order valence-electron chi connectivity index (χ1n) is 7.80. The molecular weight excluding hydrogens is 264 g/mol. The van der Waals surface area contributed by atoms with Crippen molar-refractivity contribution in [3.05, 3.63) is 22.4 Å². The van der Waals surface area contributed by atoms with Gasteiger partial charge < -0.3 is 5.73 Å². The van der Waals surface area contributed by atoms with E-state index in [1.54, 1.807) is 0 Å². The average molecular weight is 297 g/mol. The normalized spacial score (nSPS) is 15.6. The van der Waals surface area contributed by atoms with Crippen LogP contribution in [-0.4, -0.2) is 25.0 Å². The number of hydrogen-bond acceptors (Lipinski definition) is 3. The van der Waals surface area contributed by atoms with Gasteiger partial charge in [-0.1, -0.05) is 26.8 Å². The molecule has 2 nitrogen and oxygen atoms in total. The molecule has 0 saturated heterocycles. The van der Waals surface area contributed by atoms with Gasteiger partial charge in [0.1, 0.15) is 0 Å². The molecule has 2 unspecified atom stereocenters. The molecule has 0 aliphatic rings. The summed E-state index contributed by atoms with van der Waals surface area (Å²) < 4.78 is 0. The lowest BCUT2D eigenvalue weighted by molar-refractivity contribution is 0.191. The van der Waals surface area contributed by atoms with Crippen LogP contribution in [0, 0.1) is 11.3 Å². The highest BCUT2D eigenvalue weighted by Gasteiger charge is 2.23. The van der Waals surface area contributed by atoms with E-state index in [-0.39, 0.29) is 0 Å². The predicted molar refractivity (Wildman–Crippen MR) is 91.2 cm³/mol. The van der Waals surface area contributed by atoms with Gasteiger partial charge >= 0.3 is 0 Å². The van der Waals surface area contributed by atoms with Crippen molar-refractivity contribution < 1.29 is 0 Å². The molecule has 0 spiro atoms. The summed E-state index contributed by atoms with van der Waals surface area (Å²) in [5.74, 6) is 0.734. The van der Waals surface area contributed by atoms with Crippen LogP contribution in [-0.2, 0) is 0 Å². The molecule has 116 valence electrons. The molecule has 1 rings (SSSR count). The SMILES string of the molecule is CC(c1cccs1)N(C)CCCC(CCN)C(C)(C)C. The Morgan fingerprint density at radius 1 is 1.30 bits per heavy atom. The van der Waals surface area contributed by atoms with E-state index < -0.39 is 0 Å². The second-order valence-electron chi connectivity index (χ2n) is 6.95.